The fraction of sp³-hybridized carbons (Fsp3) is 0.926. The molecule has 2 aliphatic rings. The molecule has 0 amide bonds. The van der Waals surface area contributed by atoms with Crippen molar-refractivity contribution in [1.29, 1.82) is 0 Å². The standard InChI is InChI=1S/C27H50/c1-8-10-11-16-24-17-18-26(22(6)21(24)5)27-20(4)15-13-12-14-19(3)25(9-2)23(27)7/h17,19-23,25-27H,8-16,18H2,1-7H3. The fourth-order valence-electron chi connectivity index (χ4n) is 7.06. The van der Waals surface area contributed by atoms with E-state index in [-0.39, 0.29) is 0 Å². The van der Waals surface area contributed by atoms with E-state index in [4.69, 9.17) is 0 Å². The van der Waals surface area contributed by atoms with Crippen LogP contribution in [0.15, 0.2) is 11.6 Å². The highest BCUT2D eigenvalue weighted by molar-refractivity contribution is 5.13. The molecule has 0 bridgehead atoms. The second-order valence-corrected chi connectivity index (χ2v) is 10.5. The molecule has 2 aliphatic carbocycles. The van der Waals surface area contributed by atoms with E-state index >= 15 is 0 Å². The van der Waals surface area contributed by atoms with E-state index in [0.717, 1.165) is 47.3 Å². The lowest BCUT2D eigenvalue weighted by Crippen LogP contribution is -2.39. The van der Waals surface area contributed by atoms with Gasteiger partial charge in [0, 0.05) is 0 Å². The summed E-state index contributed by atoms with van der Waals surface area (Å²) in [6.07, 6.45) is 16.8. The first kappa shape index (κ1) is 23.0. The maximum absolute atomic E-state index is 2.70. The third kappa shape index (κ3) is 5.63. The van der Waals surface area contributed by atoms with Crippen molar-refractivity contribution in [2.24, 2.45) is 47.3 Å². The Kier molecular flexibility index (Phi) is 9.43. The molecule has 2 rings (SSSR count). The van der Waals surface area contributed by atoms with Crippen LogP contribution in [-0.2, 0) is 0 Å². The minimum absolute atomic E-state index is 0.796. The quantitative estimate of drug-likeness (QED) is 0.321. The molecule has 158 valence electrons. The number of unbranched alkanes of at least 4 members (excludes halogenated alkanes) is 2. The van der Waals surface area contributed by atoms with Gasteiger partial charge in [-0.05, 0) is 66.6 Å². The van der Waals surface area contributed by atoms with Crippen molar-refractivity contribution in [3.8, 4) is 0 Å². The molecule has 0 aromatic rings. The molecule has 0 aromatic carbocycles. The number of allylic oxidation sites excluding steroid dienone is 2. The zero-order valence-corrected chi connectivity index (χ0v) is 19.8. The van der Waals surface area contributed by atoms with Crippen LogP contribution >= 0.6 is 0 Å². The molecule has 0 nitrogen and oxygen atoms in total. The van der Waals surface area contributed by atoms with Crippen LogP contribution < -0.4 is 0 Å². The number of hydrogen-bond donors (Lipinski definition) is 0. The Morgan fingerprint density at radius 1 is 0.852 bits per heavy atom. The van der Waals surface area contributed by atoms with Crippen LogP contribution in [0.4, 0.5) is 0 Å². The lowest BCUT2D eigenvalue weighted by Gasteiger charge is -2.46. The van der Waals surface area contributed by atoms with Crippen molar-refractivity contribution in [2.75, 3.05) is 0 Å². The van der Waals surface area contributed by atoms with E-state index in [1.165, 1.54) is 64.2 Å². The first-order chi connectivity index (χ1) is 12.9. The SMILES string of the molecule is CCCCCC1=CCC(C2C(C)CCCCC(C)C(CC)C2C)C(C)C1C. The van der Waals surface area contributed by atoms with Crippen LogP contribution in [0, 0.1) is 47.3 Å². The van der Waals surface area contributed by atoms with Crippen molar-refractivity contribution in [1.82, 2.24) is 0 Å². The molecule has 8 unspecified atom stereocenters. The van der Waals surface area contributed by atoms with Crippen LogP contribution in [0.1, 0.15) is 113 Å². The van der Waals surface area contributed by atoms with Gasteiger partial charge >= 0.3 is 0 Å². The molecule has 0 heteroatoms. The van der Waals surface area contributed by atoms with Gasteiger partial charge in [0.15, 0.2) is 0 Å². The van der Waals surface area contributed by atoms with Crippen molar-refractivity contribution in [2.45, 2.75) is 113 Å². The molecule has 27 heavy (non-hydrogen) atoms. The van der Waals surface area contributed by atoms with E-state index in [1.54, 1.807) is 5.57 Å². The first-order valence-corrected chi connectivity index (χ1v) is 12.6. The highest BCUT2D eigenvalue weighted by Gasteiger charge is 2.41. The maximum Gasteiger partial charge on any atom is -0.0203 e. The summed E-state index contributed by atoms with van der Waals surface area (Å²) in [6, 6.07) is 0. The molecule has 0 radical (unpaired) electrons. The van der Waals surface area contributed by atoms with Gasteiger partial charge < -0.3 is 0 Å². The average molecular weight is 375 g/mol. The molecule has 8 atom stereocenters. The third-order valence-electron chi connectivity index (χ3n) is 8.98. The molecule has 0 aromatic heterocycles. The summed E-state index contributed by atoms with van der Waals surface area (Å²) in [7, 11) is 0. The Balaban J connectivity index is 2.21. The summed E-state index contributed by atoms with van der Waals surface area (Å²) in [5, 5.41) is 0. The van der Waals surface area contributed by atoms with Gasteiger partial charge in [-0.2, -0.15) is 0 Å². The molecule has 0 saturated heterocycles. The molecule has 1 fully saturated rings. The summed E-state index contributed by atoms with van der Waals surface area (Å²) in [4.78, 5) is 0. The summed E-state index contributed by atoms with van der Waals surface area (Å²) in [6.45, 7) is 17.7. The summed E-state index contributed by atoms with van der Waals surface area (Å²) < 4.78 is 0. The van der Waals surface area contributed by atoms with Crippen LogP contribution in [0.25, 0.3) is 0 Å². The highest BCUT2D eigenvalue weighted by Crippen LogP contribution is 2.49. The van der Waals surface area contributed by atoms with Gasteiger partial charge in [-0.3, -0.25) is 0 Å². The Bertz CT molecular complexity index is 447. The van der Waals surface area contributed by atoms with Gasteiger partial charge in [-0.15, -0.1) is 0 Å². The molecule has 0 aliphatic heterocycles. The van der Waals surface area contributed by atoms with Crippen molar-refractivity contribution in [3.05, 3.63) is 11.6 Å². The summed E-state index contributed by atoms with van der Waals surface area (Å²) in [5.74, 6) is 7.09. The largest absolute Gasteiger partial charge is 0.0848 e. The zero-order chi connectivity index (χ0) is 20.0. The molecular formula is C27H50. The Hall–Kier alpha value is -0.260. The first-order valence-electron chi connectivity index (χ1n) is 12.6. The van der Waals surface area contributed by atoms with E-state index in [0.29, 0.717) is 0 Å². The Labute approximate surface area is 172 Å². The van der Waals surface area contributed by atoms with Gasteiger partial charge in [0.25, 0.3) is 0 Å². The van der Waals surface area contributed by atoms with Crippen molar-refractivity contribution < 1.29 is 0 Å². The summed E-state index contributed by atoms with van der Waals surface area (Å²) >= 11 is 0. The fourth-order valence-corrected chi connectivity index (χ4v) is 7.06. The van der Waals surface area contributed by atoms with Crippen LogP contribution in [0.2, 0.25) is 0 Å². The zero-order valence-electron chi connectivity index (χ0n) is 19.8. The Morgan fingerprint density at radius 3 is 2.15 bits per heavy atom. The minimum atomic E-state index is 0.796. The van der Waals surface area contributed by atoms with Gasteiger partial charge in [-0.25, -0.2) is 0 Å². The van der Waals surface area contributed by atoms with Gasteiger partial charge in [0.1, 0.15) is 0 Å². The third-order valence-corrected chi connectivity index (χ3v) is 8.98. The topological polar surface area (TPSA) is 0 Å². The average Bonchev–Trinajstić information content (AvgIpc) is 2.69. The van der Waals surface area contributed by atoms with Crippen LogP contribution in [-0.4, -0.2) is 0 Å². The smallest absolute Gasteiger partial charge is 0.0203 e. The van der Waals surface area contributed by atoms with E-state index < -0.39 is 0 Å². The van der Waals surface area contributed by atoms with E-state index in [9.17, 15) is 0 Å². The van der Waals surface area contributed by atoms with Gasteiger partial charge in [0.2, 0.25) is 0 Å². The van der Waals surface area contributed by atoms with Gasteiger partial charge in [0.05, 0.1) is 0 Å². The monoisotopic (exact) mass is 374 g/mol. The number of hydrogen-bond acceptors (Lipinski definition) is 0. The normalized spacial score (nSPS) is 41.4. The predicted octanol–water partition coefficient (Wildman–Crippen LogP) is 8.91. The lowest BCUT2D eigenvalue weighted by atomic mass is 9.59. The summed E-state index contributed by atoms with van der Waals surface area (Å²) in [5.41, 5.74) is 1.79. The van der Waals surface area contributed by atoms with E-state index in [1.807, 2.05) is 0 Å². The minimum Gasteiger partial charge on any atom is -0.0848 e. The molecule has 0 N–H and O–H groups in total. The van der Waals surface area contributed by atoms with Crippen molar-refractivity contribution >= 4 is 0 Å². The van der Waals surface area contributed by atoms with Crippen LogP contribution in [0.3, 0.4) is 0 Å². The van der Waals surface area contributed by atoms with E-state index in [2.05, 4.69) is 54.5 Å². The molecular weight excluding hydrogens is 324 g/mol. The van der Waals surface area contributed by atoms with Crippen LogP contribution in [0.5, 0.6) is 0 Å². The molecule has 0 spiro atoms. The van der Waals surface area contributed by atoms with Crippen molar-refractivity contribution in [3.63, 3.8) is 0 Å². The molecule has 0 heterocycles. The predicted molar refractivity (Wildman–Crippen MR) is 122 cm³/mol. The highest BCUT2D eigenvalue weighted by atomic mass is 14.5. The lowest BCUT2D eigenvalue weighted by molar-refractivity contribution is 0.0495. The number of rotatable bonds is 6. The second kappa shape index (κ2) is 11.1. The second-order valence-electron chi connectivity index (χ2n) is 10.5. The maximum atomic E-state index is 2.70. The Morgan fingerprint density at radius 2 is 1.52 bits per heavy atom. The molecule has 1 saturated carbocycles. The van der Waals surface area contributed by atoms with Gasteiger partial charge in [-0.1, -0.05) is 105 Å².